The minimum absolute atomic E-state index is 0.293. The summed E-state index contributed by atoms with van der Waals surface area (Å²) >= 11 is 0. The van der Waals surface area contributed by atoms with Crippen LogP contribution >= 0.6 is 0 Å². The molecule has 0 unspecified atom stereocenters. The van der Waals surface area contributed by atoms with Crippen LogP contribution in [0.15, 0.2) is 24.3 Å². The van der Waals surface area contributed by atoms with Crippen LogP contribution in [0.5, 0.6) is 0 Å². The van der Waals surface area contributed by atoms with E-state index in [-0.39, 0.29) is 20.4 Å². The monoisotopic (exact) mass is 402 g/mol. The van der Waals surface area contributed by atoms with Gasteiger partial charge in [-0.05, 0) is 31.2 Å². The van der Waals surface area contributed by atoms with Crippen molar-refractivity contribution in [1.82, 2.24) is 0 Å². The molecule has 9 heteroatoms. The molecule has 1 aromatic rings. The lowest BCUT2D eigenvalue weighted by Crippen LogP contribution is -2.32. The summed E-state index contributed by atoms with van der Waals surface area (Å²) in [7, 11) is 0. The van der Waals surface area contributed by atoms with Gasteiger partial charge in [-0.1, -0.05) is 0 Å². The first-order chi connectivity index (χ1) is 13.8. The van der Waals surface area contributed by atoms with Crippen LogP contribution in [0.25, 0.3) is 0 Å². The number of ether oxygens (including phenoxy) is 4. The average molecular weight is 402 g/mol. The summed E-state index contributed by atoms with van der Waals surface area (Å²) in [5, 5.41) is 26.4. The van der Waals surface area contributed by atoms with E-state index < -0.39 is 0 Å². The van der Waals surface area contributed by atoms with Gasteiger partial charge in [-0.2, -0.15) is 0 Å². The lowest BCUT2D eigenvalue weighted by Gasteiger charge is -2.27. The zero-order valence-corrected chi connectivity index (χ0v) is 16.7. The normalized spacial score (nSPS) is 11.0. The van der Waals surface area contributed by atoms with E-state index >= 15 is 0 Å². The maximum Gasteiger partial charge on any atom is 0.143 e. The minimum atomic E-state index is -0.315. The van der Waals surface area contributed by atoms with Crippen LogP contribution in [-0.2, 0) is 18.9 Å². The van der Waals surface area contributed by atoms with Crippen molar-refractivity contribution >= 4 is 11.4 Å². The molecule has 28 heavy (non-hydrogen) atoms. The highest BCUT2D eigenvalue weighted by Gasteiger charge is 2.10. The Balaban J connectivity index is 2.75. The smallest absolute Gasteiger partial charge is 0.143 e. The first kappa shape index (κ1) is 24.6. The number of benzene rings is 1. The van der Waals surface area contributed by atoms with Crippen LogP contribution in [0.2, 0.25) is 0 Å². The molecule has 3 N–H and O–H groups in total. The van der Waals surface area contributed by atoms with Crippen LogP contribution in [0.4, 0.5) is 11.4 Å². The van der Waals surface area contributed by atoms with Gasteiger partial charge in [-0.15, -0.1) is 0 Å². The highest BCUT2D eigenvalue weighted by molar-refractivity contribution is 5.56. The van der Waals surface area contributed by atoms with Crippen LogP contribution < -0.4 is 9.80 Å². The molecule has 0 fully saturated rings. The molecule has 0 amide bonds. The number of anilines is 2. The molecule has 0 aromatic heterocycles. The van der Waals surface area contributed by atoms with Crippen molar-refractivity contribution < 1.29 is 34.3 Å². The van der Waals surface area contributed by atoms with Crippen LogP contribution in [0.3, 0.4) is 0 Å². The maximum atomic E-state index is 8.82. The van der Waals surface area contributed by atoms with Crippen molar-refractivity contribution in [1.29, 1.82) is 0 Å². The van der Waals surface area contributed by atoms with E-state index in [9.17, 15) is 0 Å². The molecule has 0 aliphatic rings. The molecule has 0 aliphatic carbocycles. The summed E-state index contributed by atoms with van der Waals surface area (Å²) in [6.45, 7) is 6.06. The van der Waals surface area contributed by atoms with Crippen molar-refractivity contribution in [2.45, 2.75) is 6.92 Å². The Bertz CT molecular complexity index is 413. The first-order valence-corrected chi connectivity index (χ1v) is 9.50. The molecule has 162 valence electrons. The van der Waals surface area contributed by atoms with Crippen molar-refractivity contribution in [3.8, 4) is 0 Å². The predicted octanol–water partition coefficient (Wildman–Crippen LogP) is 0.235. The molecule has 0 saturated carbocycles. The zero-order chi connectivity index (χ0) is 20.5. The van der Waals surface area contributed by atoms with Gasteiger partial charge in [0.25, 0.3) is 0 Å². The second kappa shape index (κ2) is 16.5. The van der Waals surface area contributed by atoms with Crippen molar-refractivity contribution in [2.24, 2.45) is 0 Å². The van der Waals surface area contributed by atoms with Gasteiger partial charge < -0.3 is 44.1 Å². The topological polar surface area (TPSA) is 104 Å². The van der Waals surface area contributed by atoms with Gasteiger partial charge in [0, 0.05) is 44.2 Å². The Morgan fingerprint density at radius 3 is 1.21 bits per heavy atom. The fraction of sp³-hybridized carbons (Fsp3) is 0.684. The standard InChI is InChI=1S/C19H34N2O7/c1-2-25-11-7-20(8-12-26-15-22)18-3-5-19(6-4-18)21(9-13-27-16-23)10-14-28-17-24/h3-6,22-24H,2,7-17H2,1H3. The van der Waals surface area contributed by atoms with Crippen LogP contribution in [-0.4, -0.2) is 94.9 Å². The zero-order valence-electron chi connectivity index (χ0n) is 16.7. The average Bonchev–Trinajstić information content (AvgIpc) is 2.72. The number of hydrogen-bond acceptors (Lipinski definition) is 9. The van der Waals surface area contributed by atoms with Gasteiger partial charge in [0.2, 0.25) is 0 Å². The highest BCUT2D eigenvalue weighted by Crippen LogP contribution is 2.21. The van der Waals surface area contributed by atoms with Gasteiger partial charge in [0.15, 0.2) is 0 Å². The van der Waals surface area contributed by atoms with E-state index in [0.29, 0.717) is 52.7 Å². The molecular formula is C19H34N2O7. The van der Waals surface area contributed by atoms with E-state index in [0.717, 1.165) is 17.9 Å². The van der Waals surface area contributed by atoms with Gasteiger partial charge in [-0.25, -0.2) is 0 Å². The largest absolute Gasteiger partial charge is 0.380 e. The van der Waals surface area contributed by atoms with E-state index in [1.807, 2.05) is 31.2 Å². The molecular weight excluding hydrogens is 368 g/mol. The van der Waals surface area contributed by atoms with Crippen LogP contribution in [0.1, 0.15) is 6.92 Å². The van der Waals surface area contributed by atoms with Gasteiger partial charge in [0.1, 0.15) is 20.4 Å². The van der Waals surface area contributed by atoms with Gasteiger partial charge in [-0.3, -0.25) is 0 Å². The number of hydrogen-bond donors (Lipinski definition) is 3. The van der Waals surface area contributed by atoms with Crippen molar-refractivity contribution in [3.05, 3.63) is 24.3 Å². The quantitative estimate of drug-likeness (QED) is 0.235. The molecule has 0 aliphatic heterocycles. The highest BCUT2D eigenvalue weighted by atomic mass is 16.6. The summed E-state index contributed by atoms with van der Waals surface area (Å²) in [5.74, 6) is 0. The predicted molar refractivity (Wildman–Crippen MR) is 106 cm³/mol. The van der Waals surface area contributed by atoms with E-state index in [4.69, 9.17) is 34.3 Å². The summed E-state index contributed by atoms with van der Waals surface area (Å²) in [5.41, 5.74) is 2.02. The SMILES string of the molecule is CCOCCN(CCOCO)c1ccc(N(CCOCO)CCOCO)cc1. The molecule has 1 rings (SSSR count). The third-order valence-electron chi connectivity index (χ3n) is 4.08. The minimum Gasteiger partial charge on any atom is -0.380 e. The molecule has 1 aromatic carbocycles. The van der Waals surface area contributed by atoms with Gasteiger partial charge in [0.05, 0.1) is 26.4 Å². The van der Waals surface area contributed by atoms with Crippen molar-refractivity contribution in [2.75, 3.05) is 89.4 Å². The van der Waals surface area contributed by atoms with E-state index in [2.05, 4.69) is 9.80 Å². The first-order valence-electron chi connectivity index (χ1n) is 9.50. The molecule has 0 atom stereocenters. The lowest BCUT2D eigenvalue weighted by atomic mass is 10.2. The fourth-order valence-electron chi connectivity index (χ4n) is 2.65. The third kappa shape index (κ3) is 10.2. The van der Waals surface area contributed by atoms with E-state index in [1.54, 1.807) is 0 Å². The fourth-order valence-corrected chi connectivity index (χ4v) is 2.65. The number of aliphatic hydroxyl groups excluding tert-OH is 3. The maximum absolute atomic E-state index is 8.82. The third-order valence-corrected chi connectivity index (χ3v) is 4.08. The Morgan fingerprint density at radius 1 is 0.607 bits per heavy atom. The van der Waals surface area contributed by atoms with Crippen molar-refractivity contribution in [3.63, 3.8) is 0 Å². The Hall–Kier alpha value is -1.46. The van der Waals surface area contributed by atoms with E-state index in [1.165, 1.54) is 0 Å². The summed E-state index contributed by atoms with van der Waals surface area (Å²) in [6, 6.07) is 8.06. The Morgan fingerprint density at radius 2 is 0.929 bits per heavy atom. The lowest BCUT2D eigenvalue weighted by molar-refractivity contribution is -0.00337. The molecule has 0 spiro atoms. The summed E-state index contributed by atoms with van der Waals surface area (Å²) < 4.78 is 20.6. The molecule has 0 bridgehead atoms. The number of rotatable bonds is 18. The van der Waals surface area contributed by atoms with Crippen LogP contribution in [0, 0.1) is 0 Å². The number of nitrogens with zero attached hydrogens (tertiary/aromatic N) is 2. The summed E-state index contributed by atoms with van der Waals surface area (Å²) in [6.07, 6.45) is 0. The van der Waals surface area contributed by atoms with Gasteiger partial charge >= 0.3 is 0 Å². The Kier molecular flexibility index (Phi) is 14.5. The number of aliphatic hydroxyl groups is 3. The second-order valence-electron chi connectivity index (χ2n) is 5.80. The second-order valence-corrected chi connectivity index (χ2v) is 5.80. The summed E-state index contributed by atoms with van der Waals surface area (Å²) in [4.78, 5) is 4.21. The molecule has 9 nitrogen and oxygen atoms in total. The Labute approximate surface area is 167 Å². The molecule has 0 saturated heterocycles. The molecule has 0 radical (unpaired) electrons. The molecule has 0 heterocycles.